The third kappa shape index (κ3) is 3.99. The largest absolute Gasteiger partial charge is 0.489 e. The zero-order chi connectivity index (χ0) is 22.2. The lowest BCUT2D eigenvalue weighted by atomic mass is 9.77. The van der Waals surface area contributed by atoms with Crippen LogP contribution in [0.1, 0.15) is 60.0 Å². The number of urea groups is 1. The van der Waals surface area contributed by atoms with Crippen LogP contribution >= 0.6 is 0 Å². The van der Waals surface area contributed by atoms with Gasteiger partial charge in [0, 0.05) is 5.56 Å². The number of carbonyl (C=O) groups is 3. The molecule has 2 heterocycles. The highest BCUT2D eigenvalue weighted by Gasteiger charge is 2.52. The van der Waals surface area contributed by atoms with Crippen molar-refractivity contribution < 1.29 is 23.6 Å². The Morgan fingerprint density at radius 2 is 1.94 bits per heavy atom. The number of carbonyl (C=O) groups excluding carboxylic acids is 3. The third-order valence-electron chi connectivity index (χ3n) is 6.18. The average molecular weight is 426 g/mol. The van der Waals surface area contributed by atoms with Crippen LogP contribution < -0.4 is 15.5 Å². The van der Waals surface area contributed by atoms with Crippen molar-refractivity contribution in [1.82, 2.24) is 20.9 Å². The number of rotatable bonds is 5. The lowest BCUT2D eigenvalue weighted by Crippen LogP contribution is -2.51. The molecule has 9 nitrogen and oxygen atoms in total. The third-order valence-corrected chi connectivity index (χ3v) is 6.18. The molecule has 4 amide bonds. The van der Waals surface area contributed by atoms with Gasteiger partial charge in [0.15, 0.2) is 0 Å². The summed E-state index contributed by atoms with van der Waals surface area (Å²) in [5, 5.41) is 7.48. The van der Waals surface area contributed by atoms with E-state index in [0.717, 1.165) is 29.1 Å². The Morgan fingerprint density at radius 1 is 1.26 bits per heavy atom. The minimum absolute atomic E-state index is 0.301. The molecule has 0 atom stereocenters. The molecule has 1 aliphatic heterocycles. The first kappa shape index (κ1) is 20.9. The minimum Gasteiger partial charge on any atom is -0.489 e. The summed E-state index contributed by atoms with van der Waals surface area (Å²) in [7, 11) is 0. The van der Waals surface area contributed by atoms with Crippen molar-refractivity contribution in [2.45, 2.75) is 58.6 Å². The maximum Gasteiger partial charge on any atom is 0.344 e. The lowest BCUT2D eigenvalue weighted by Gasteiger charge is -2.33. The number of amides is 4. The number of nitrogens with zero attached hydrogens (tertiary/aromatic N) is 2. The molecule has 2 aromatic rings. The Labute approximate surface area is 180 Å². The highest BCUT2D eigenvalue weighted by molar-refractivity contribution is 6.09. The highest BCUT2D eigenvalue weighted by Crippen LogP contribution is 2.35. The lowest BCUT2D eigenvalue weighted by molar-refractivity contribution is -0.134. The summed E-state index contributed by atoms with van der Waals surface area (Å²) >= 11 is 0. The van der Waals surface area contributed by atoms with Gasteiger partial charge in [0.25, 0.3) is 11.8 Å². The topological polar surface area (TPSA) is 114 Å². The summed E-state index contributed by atoms with van der Waals surface area (Å²) in [5.74, 6) is 0.866. The summed E-state index contributed by atoms with van der Waals surface area (Å²) < 4.78 is 10.9. The van der Waals surface area contributed by atoms with Crippen molar-refractivity contribution in [3.05, 3.63) is 46.8 Å². The summed E-state index contributed by atoms with van der Waals surface area (Å²) in [6, 6.07) is 5.88. The predicted octanol–water partition coefficient (Wildman–Crippen LogP) is 3.02. The van der Waals surface area contributed by atoms with E-state index in [1.165, 1.54) is 0 Å². The van der Waals surface area contributed by atoms with Crippen LogP contribution in [0.3, 0.4) is 0 Å². The molecule has 1 aliphatic carbocycles. The molecular weight excluding hydrogens is 400 g/mol. The van der Waals surface area contributed by atoms with Crippen LogP contribution in [-0.2, 0) is 11.4 Å². The Bertz CT molecular complexity index is 986. The molecule has 1 saturated carbocycles. The van der Waals surface area contributed by atoms with Crippen molar-refractivity contribution in [1.29, 1.82) is 0 Å². The number of ether oxygens (including phenoxy) is 1. The van der Waals surface area contributed by atoms with Crippen molar-refractivity contribution in [2.24, 2.45) is 5.92 Å². The standard InChI is InChI=1S/C22H26N4O5/c1-13-8-10-22(11-9-13)20(28)26(21(29)23-22)24-19(27)16-4-6-17(7-5-16)30-12-18-14(2)25-31-15(18)3/h4-7,13H,8-12H2,1-3H3,(H,23,29)(H,24,27). The molecule has 0 unspecified atom stereocenters. The van der Waals surface area contributed by atoms with Crippen LogP contribution in [-0.4, -0.2) is 33.5 Å². The van der Waals surface area contributed by atoms with Crippen LogP contribution in [0.15, 0.2) is 28.8 Å². The normalized spacial score (nSPS) is 23.2. The molecule has 1 saturated heterocycles. The van der Waals surface area contributed by atoms with Crippen LogP contribution in [0.25, 0.3) is 0 Å². The first-order valence-electron chi connectivity index (χ1n) is 10.4. The van der Waals surface area contributed by atoms with Gasteiger partial charge in [0.1, 0.15) is 23.7 Å². The van der Waals surface area contributed by atoms with Gasteiger partial charge >= 0.3 is 6.03 Å². The first-order valence-corrected chi connectivity index (χ1v) is 10.4. The highest BCUT2D eigenvalue weighted by atomic mass is 16.5. The second kappa shape index (κ2) is 8.05. The number of imide groups is 1. The van der Waals surface area contributed by atoms with Gasteiger partial charge in [0.2, 0.25) is 0 Å². The predicted molar refractivity (Wildman–Crippen MR) is 110 cm³/mol. The summed E-state index contributed by atoms with van der Waals surface area (Å²) in [6.07, 6.45) is 2.90. The van der Waals surface area contributed by atoms with Gasteiger partial charge in [-0.1, -0.05) is 12.1 Å². The molecule has 2 N–H and O–H groups in total. The number of aryl methyl sites for hydroxylation is 2. The number of hydrogen-bond acceptors (Lipinski definition) is 6. The molecule has 4 rings (SSSR count). The first-order chi connectivity index (χ1) is 14.8. The van der Waals surface area contributed by atoms with Crippen molar-refractivity contribution in [3.8, 4) is 5.75 Å². The van der Waals surface area contributed by atoms with Crippen molar-refractivity contribution in [3.63, 3.8) is 0 Å². The fourth-order valence-electron chi connectivity index (χ4n) is 4.05. The van der Waals surface area contributed by atoms with E-state index in [4.69, 9.17) is 9.26 Å². The Kier molecular flexibility index (Phi) is 5.43. The van der Waals surface area contributed by atoms with Gasteiger partial charge in [0.05, 0.1) is 11.3 Å². The summed E-state index contributed by atoms with van der Waals surface area (Å²) in [6.45, 7) is 6.10. The van der Waals surface area contributed by atoms with E-state index >= 15 is 0 Å². The SMILES string of the molecule is Cc1noc(C)c1COc1ccc(C(=O)NN2C(=O)NC3(CCC(C)CC3)C2=O)cc1. The Hall–Kier alpha value is -3.36. The van der Waals surface area contributed by atoms with E-state index < -0.39 is 23.4 Å². The minimum atomic E-state index is -0.896. The zero-order valence-corrected chi connectivity index (χ0v) is 17.9. The Balaban J connectivity index is 1.37. The quantitative estimate of drug-likeness (QED) is 0.711. The van der Waals surface area contributed by atoms with E-state index in [9.17, 15) is 14.4 Å². The molecule has 0 radical (unpaired) electrons. The second-order valence-corrected chi connectivity index (χ2v) is 8.39. The smallest absolute Gasteiger partial charge is 0.344 e. The number of aromatic nitrogens is 1. The van der Waals surface area contributed by atoms with E-state index in [0.29, 0.717) is 42.4 Å². The second-order valence-electron chi connectivity index (χ2n) is 8.39. The van der Waals surface area contributed by atoms with Crippen LogP contribution in [0.5, 0.6) is 5.75 Å². The monoisotopic (exact) mass is 426 g/mol. The van der Waals surface area contributed by atoms with Gasteiger partial charge < -0.3 is 14.6 Å². The number of hydrogen-bond donors (Lipinski definition) is 2. The van der Waals surface area contributed by atoms with E-state index in [2.05, 4.69) is 22.8 Å². The number of benzene rings is 1. The van der Waals surface area contributed by atoms with E-state index in [1.54, 1.807) is 24.3 Å². The zero-order valence-electron chi connectivity index (χ0n) is 17.9. The molecule has 1 aromatic heterocycles. The van der Waals surface area contributed by atoms with Crippen LogP contribution in [0.2, 0.25) is 0 Å². The molecule has 0 bridgehead atoms. The van der Waals surface area contributed by atoms with Gasteiger partial charge in [-0.15, -0.1) is 0 Å². The summed E-state index contributed by atoms with van der Waals surface area (Å²) in [5.41, 5.74) is 3.50. The maximum atomic E-state index is 12.9. The fourth-order valence-corrected chi connectivity index (χ4v) is 4.05. The van der Waals surface area contributed by atoms with Gasteiger partial charge in [-0.25, -0.2) is 4.79 Å². The Morgan fingerprint density at radius 3 is 2.55 bits per heavy atom. The van der Waals surface area contributed by atoms with Crippen molar-refractivity contribution in [2.75, 3.05) is 0 Å². The van der Waals surface area contributed by atoms with E-state index in [1.807, 2.05) is 13.8 Å². The van der Waals surface area contributed by atoms with Crippen LogP contribution in [0.4, 0.5) is 4.79 Å². The van der Waals surface area contributed by atoms with Gasteiger partial charge in [-0.2, -0.15) is 5.01 Å². The molecule has 1 spiro atoms. The van der Waals surface area contributed by atoms with Crippen molar-refractivity contribution >= 4 is 17.8 Å². The molecular formula is C22H26N4O5. The van der Waals surface area contributed by atoms with Crippen LogP contribution in [0, 0.1) is 19.8 Å². The molecule has 2 aliphatic rings. The van der Waals surface area contributed by atoms with Gasteiger partial charge in [-0.05, 0) is 69.7 Å². The van der Waals surface area contributed by atoms with E-state index in [-0.39, 0.29) is 0 Å². The van der Waals surface area contributed by atoms with Gasteiger partial charge in [-0.3, -0.25) is 15.0 Å². The fraction of sp³-hybridized carbons (Fsp3) is 0.455. The molecule has 2 fully saturated rings. The maximum absolute atomic E-state index is 12.9. The molecule has 1 aromatic carbocycles. The number of nitrogens with one attached hydrogen (secondary N) is 2. The molecule has 164 valence electrons. The average Bonchev–Trinajstić information content (AvgIpc) is 3.19. The molecule has 31 heavy (non-hydrogen) atoms. The number of hydrazine groups is 1. The summed E-state index contributed by atoms with van der Waals surface area (Å²) in [4.78, 5) is 37.8. The molecule has 9 heteroatoms.